The van der Waals surface area contributed by atoms with Crippen molar-refractivity contribution in [1.29, 1.82) is 0 Å². The molecule has 3 rings (SSSR count). The molecular weight excluding hydrogens is 386 g/mol. The molecule has 0 radical (unpaired) electrons. The fourth-order valence-electron chi connectivity index (χ4n) is 2.98. The quantitative estimate of drug-likeness (QED) is 0.543. The predicted molar refractivity (Wildman–Crippen MR) is 103 cm³/mol. The van der Waals surface area contributed by atoms with Crippen molar-refractivity contribution in [2.45, 2.75) is 24.7 Å². The normalized spacial score (nSPS) is 18.2. The van der Waals surface area contributed by atoms with E-state index in [0.29, 0.717) is 24.6 Å². The van der Waals surface area contributed by atoms with Gasteiger partial charge in [-0.3, -0.25) is 4.79 Å². The number of Topliss-reactive ketones (excluding diaryl/α,β-unsaturated/α-hetero) is 1. The lowest BCUT2D eigenvalue weighted by atomic mass is 10.0. The van der Waals surface area contributed by atoms with Crippen molar-refractivity contribution in [1.82, 2.24) is 4.31 Å². The van der Waals surface area contributed by atoms with Crippen LogP contribution < -0.4 is 0 Å². The van der Waals surface area contributed by atoms with Crippen molar-refractivity contribution in [3.63, 3.8) is 0 Å². The third kappa shape index (κ3) is 4.63. The van der Waals surface area contributed by atoms with Crippen LogP contribution in [0.3, 0.4) is 0 Å². The Morgan fingerprint density at radius 1 is 1.26 bits per heavy atom. The molecule has 0 unspecified atom stereocenters. The molecule has 1 aliphatic heterocycles. The summed E-state index contributed by atoms with van der Waals surface area (Å²) in [7, 11) is -3.61. The van der Waals surface area contributed by atoms with Gasteiger partial charge in [0, 0.05) is 24.0 Å². The maximum atomic E-state index is 12.7. The zero-order valence-corrected chi connectivity index (χ0v) is 16.6. The molecular formula is C19H21NO5S2. The molecule has 0 N–H and O–H groups in total. The second kappa shape index (κ2) is 8.33. The molecule has 27 heavy (non-hydrogen) atoms. The standard InChI is InChI=1S/C19H21NO5S2/c1-14-6-5-9-20(11-14)27(23,24)16-10-18(26-13-16)19(22)25-12-17(21)15-7-3-2-4-8-15/h2-4,7-8,10,13-14H,5-6,9,11-12H2,1H3/t14-/m1/s1. The van der Waals surface area contributed by atoms with Gasteiger partial charge in [0.05, 0.1) is 4.90 Å². The van der Waals surface area contributed by atoms with Crippen LogP contribution in [0.1, 0.15) is 39.8 Å². The van der Waals surface area contributed by atoms with E-state index in [1.807, 2.05) is 6.92 Å². The number of esters is 1. The molecule has 0 amide bonds. The molecule has 8 heteroatoms. The number of thiophene rings is 1. The minimum Gasteiger partial charge on any atom is -0.453 e. The van der Waals surface area contributed by atoms with Gasteiger partial charge in [0.15, 0.2) is 12.4 Å². The van der Waals surface area contributed by atoms with Crippen molar-refractivity contribution in [2.75, 3.05) is 19.7 Å². The summed E-state index contributed by atoms with van der Waals surface area (Å²) in [4.78, 5) is 24.4. The molecule has 1 aromatic heterocycles. The number of ketones is 1. The topological polar surface area (TPSA) is 80.8 Å². The van der Waals surface area contributed by atoms with Gasteiger partial charge in [0.25, 0.3) is 0 Å². The van der Waals surface area contributed by atoms with E-state index in [2.05, 4.69) is 0 Å². The van der Waals surface area contributed by atoms with E-state index >= 15 is 0 Å². The summed E-state index contributed by atoms with van der Waals surface area (Å²) < 4.78 is 32.0. The second-order valence-electron chi connectivity index (χ2n) is 6.62. The van der Waals surface area contributed by atoms with Crippen LogP contribution in [-0.4, -0.2) is 44.2 Å². The van der Waals surface area contributed by atoms with Gasteiger partial charge in [0.2, 0.25) is 10.0 Å². The molecule has 2 aromatic rings. The van der Waals surface area contributed by atoms with E-state index in [1.165, 1.54) is 15.8 Å². The molecule has 1 aromatic carbocycles. The average molecular weight is 408 g/mol. The zero-order valence-electron chi connectivity index (χ0n) is 15.0. The number of hydrogen-bond donors (Lipinski definition) is 0. The summed E-state index contributed by atoms with van der Waals surface area (Å²) >= 11 is 1.01. The molecule has 0 spiro atoms. The lowest BCUT2D eigenvalue weighted by Crippen LogP contribution is -2.38. The zero-order chi connectivity index (χ0) is 19.4. The summed E-state index contributed by atoms with van der Waals surface area (Å²) in [6.07, 6.45) is 1.85. The van der Waals surface area contributed by atoms with Gasteiger partial charge >= 0.3 is 5.97 Å². The third-order valence-corrected chi connectivity index (χ3v) is 7.37. The van der Waals surface area contributed by atoms with Crippen LogP contribution in [0, 0.1) is 5.92 Å². The summed E-state index contributed by atoms with van der Waals surface area (Å²) in [6, 6.07) is 9.87. The summed E-state index contributed by atoms with van der Waals surface area (Å²) in [5.41, 5.74) is 0.457. The lowest BCUT2D eigenvalue weighted by molar-refractivity contribution is 0.0479. The fourth-order valence-corrected chi connectivity index (χ4v) is 5.74. The van der Waals surface area contributed by atoms with Crippen molar-refractivity contribution >= 4 is 33.1 Å². The number of nitrogens with zero attached hydrogens (tertiary/aromatic N) is 1. The highest BCUT2D eigenvalue weighted by Gasteiger charge is 2.30. The molecule has 0 saturated carbocycles. The van der Waals surface area contributed by atoms with Gasteiger partial charge in [0.1, 0.15) is 4.88 Å². The van der Waals surface area contributed by atoms with Gasteiger partial charge in [-0.05, 0) is 24.8 Å². The molecule has 144 valence electrons. The van der Waals surface area contributed by atoms with E-state index in [-0.39, 0.29) is 22.2 Å². The highest BCUT2D eigenvalue weighted by atomic mass is 32.2. The lowest BCUT2D eigenvalue weighted by Gasteiger charge is -2.29. The SMILES string of the molecule is C[C@@H]1CCCN(S(=O)(=O)c2csc(C(=O)OCC(=O)c3ccccc3)c2)C1. The van der Waals surface area contributed by atoms with Crippen molar-refractivity contribution < 1.29 is 22.7 Å². The number of piperidine rings is 1. The Labute approximate surface area is 162 Å². The minimum absolute atomic E-state index is 0.0999. The van der Waals surface area contributed by atoms with Gasteiger partial charge < -0.3 is 4.74 Å². The first-order chi connectivity index (χ1) is 12.9. The first-order valence-corrected chi connectivity index (χ1v) is 11.0. The molecule has 1 aliphatic rings. The average Bonchev–Trinajstić information content (AvgIpc) is 3.18. The number of rotatable bonds is 6. The largest absolute Gasteiger partial charge is 0.453 e. The number of carbonyl (C=O) groups excluding carboxylic acids is 2. The monoisotopic (exact) mass is 407 g/mol. The van der Waals surface area contributed by atoms with Crippen LogP contribution in [0.25, 0.3) is 0 Å². The van der Waals surface area contributed by atoms with E-state index in [4.69, 9.17) is 4.74 Å². The number of benzene rings is 1. The van der Waals surface area contributed by atoms with Gasteiger partial charge in [-0.2, -0.15) is 4.31 Å². The maximum Gasteiger partial charge on any atom is 0.348 e. The molecule has 6 nitrogen and oxygen atoms in total. The van der Waals surface area contributed by atoms with Crippen molar-refractivity contribution in [2.24, 2.45) is 5.92 Å². The fraction of sp³-hybridized carbons (Fsp3) is 0.368. The van der Waals surface area contributed by atoms with Crippen molar-refractivity contribution in [3.05, 3.63) is 52.2 Å². The Bertz CT molecular complexity index is 921. The predicted octanol–water partition coefficient (Wildman–Crippen LogP) is 3.21. The van der Waals surface area contributed by atoms with Crippen LogP contribution in [0.4, 0.5) is 0 Å². The smallest absolute Gasteiger partial charge is 0.348 e. The maximum absolute atomic E-state index is 12.7. The van der Waals surface area contributed by atoms with Gasteiger partial charge in [-0.15, -0.1) is 11.3 Å². The number of ether oxygens (including phenoxy) is 1. The van der Waals surface area contributed by atoms with Gasteiger partial charge in [-0.25, -0.2) is 13.2 Å². The Balaban J connectivity index is 1.64. The van der Waals surface area contributed by atoms with Crippen LogP contribution in [0.2, 0.25) is 0 Å². The first kappa shape index (κ1) is 19.7. The Morgan fingerprint density at radius 2 is 2.00 bits per heavy atom. The minimum atomic E-state index is -3.61. The summed E-state index contributed by atoms with van der Waals surface area (Å²) in [6.45, 7) is 2.63. The van der Waals surface area contributed by atoms with Gasteiger partial charge in [-0.1, -0.05) is 37.3 Å². The number of carbonyl (C=O) groups is 2. The Hall–Kier alpha value is -2.03. The van der Waals surface area contributed by atoms with E-state index < -0.39 is 16.0 Å². The third-order valence-electron chi connectivity index (χ3n) is 4.46. The molecule has 0 aliphatic carbocycles. The Morgan fingerprint density at radius 3 is 2.70 bits per heavy atom. The first-order valence-electron chi connectivity index (χ1n) is 8.72. The molecule has 2 heterocycles. The van der Waals surface area contributed by atoms with E-state index in [1.54, 1.807) is 30.3 Å². The molecule has 1 atom stereocenters. The van der Waals surface area contributed by atoms with Crippen molar-refractivity contribution in [3.8, 4) is 0 Å². The van der Waals surface area contributed by atoms with Crippen LogP contribution >= 0.6 is 11.3 Å². The van der Waals surface area contributed by atoms with Crippen LogP contribution in [0.5, 0.6) is 0 Å². The number of hydrogen-bond acceptors (Lipinski definition) is 6. The molecule has 1 fully saturated rings. The highest BCUT2D eigenvalue weighted by molar-refractivity contribution is 7.89. The number of sulfonamides is 1. The summed E-state index contributed by atoms with van der Waals surface area (Å²) in [5.74, 6) is -0.686. The van der Waals surface area contributed by atoms with E-state index in [9.17, 15) is 18.0 Å². The van der Waals surface area contributed by atoms with E-state index in [0.717, 1.165) is 24.2 Å². The summed E-state index contributed by atoms with van der Waals surface area (Å²) in [5, 5.41) is 1.45. The van der Waals surface area contributed by atoms with Crippen LogP contribution in [0.15, 0.2) is 46.7 Å². The Kier molecular flexibility index (Phi) is 6.08. The molecule has 0 bridgehead atoms. The second-order valence-corrected chi connectivity index (χ2v) is 9.47. The highest BCUT2D eigenvalue weighted by Crippen LogP contribution is 2.27. The molecule has 1 saturated heterocycles. The van der Waals surface area contributed by atoms with Crippen LogP contribution in [-0.2, 0) is 14.8 Å².